The summed E-state index contributed by atoms with van der Waals surface area (Å²) < 4.78 is 10.9. The first-order valence-corrected chi connectivity index (χ1v) is 9.86. The summed E-state index contributed by atoms with van der Waals surface area (Å²) in [7, 11) is 1.71. The summed E-state index contributed by atoms with van der Waals surface area (Å²) in [6, 6.07) is 8.15. The van der Waals surface area contributed by atoms with E-state index < -0.39 is 5.60 Å². The van der Waals surface area contributed by atoms with Gasteiger partial charge >= 0.3 is 0 Å². The van der Waals surface area contributed by atoms with E-state index in [1.807, 2.05) is 18.2 Å². The van der Waals surface area contributed by atoms with E-state index in [1.54, 1.807) is 7.11 Å². The van der Waals surface area contributed by atoms with Gasteiger partial charge in [-0.2, -0.15) is 0 Å². The molecule has 0 spiro atoms. The third kappa shape index (κ3) is 5.87. The molecule has 2 N–H and O–H groups in total. The number of hydrogen-bond acceptors (Lipinski definition) is 5. The fraction of sp³-hybridized carbons (Fsp3) is 0.650. The van der Waals surface area contributed by atoms with Crippen LogP contribution in [-0.4, -0.2) is 81.2 Å². The lowest BCUT2D eigenvalue weighted by Gasteiger charge is -2.38. The Kier molecular flexibility index (Phi) is 9.10. The zero-order valence-electron chi connectivity index (χ0n) is 16.9. The summed E-state index contributed by atoms with van der Waals surface area (Å²) >= 11 is 0. The average molecular weight is 504 g/mol. The van der Waals surface area contributed by atoms with E-state index in [1.165, 1.54) is 0 Å². The molecule has 2 saturated heterocycles. The van der Waals surface area contributed by atoms with Crippen LogP contribution in [0, 0.1) is 0 Å². The van der Waals surface area contributed by atoms with E-state index >= 15 is 0 Å². The Hall–Kier alpha value is -1.26. The molecule has 0 atom stereocenters. The molecule has 0 bridgehead atoms. The Morgan fingerprint density at radius 2 is 1.89 bits per heavy atom. The Morgan fingerprint density at radius 3 is 2.54 bits per heavy atom. The molecule has 2 fully saturated rings. The van der Waals surface area contributed by atoms with Crippen LogP contribution < -0.4 is 15.0 Å². The first-order valence-electron chi connectivity index (χ1n) is 9.86. The van der Waals surface area contributed by atoms with Crippen LogP contribution in [-0.2, 0) is 4.74 Å². The highest BCUT2D eigenvalue weighted by Crippen LogP contribution is 2.28. The Bertz CT molecular complexity index is 630. The number of piperazine rings is 1. The quantitative estimate of drug-likeness (QED) is 0.363. The van der Waals surface area contributed by atoms with Crippen LogP contribution >= 0.6 is 24.0 Å². The van der Waals surface area contributed by atoms with Gasteiger partial charge in [0.15, 0.2) is 5.96 Å². The van der Waals surface area contributed by atoms with E-state index in [-0.39, 0.29) is 24.0 Å². The molecule has 7 nitrogen and oxygen atoms in total. The topological polar surface area (TPSA) is 69.6 Å². The van der Waals surface area contributed by atoms with Crippen molar-refractivity contribution in [3.63, 3.8) is 0 Å². The molecule has 28 heavy (non-hydrogen) atoms. The van der Waals surface area contributed by atoms with Crippen LogP contribution in [0.2, 0.25) is 0 Å². The van der Waals surface area contributed by atoms with Gasteiger partial charge in [-0.25, -0.2) is 0 Å². The molecule has 0 saturated carbocycles. The second-order valence-electron chi connectivity index (χ2n) is 7.15. The lowest BCUT2D eigenvalue weighted by molar-refractivity contribution is -0.0566. The molecule has 1 aromatic rings. The highest BCUT2D eigenvalue weighted by molar-refractivity contribution is 14.0. The second kappa shape index (κ2) is 11.1. The molecule has 0 aromatic heterocycles. The third-order valence-electron chi connectivity index (χ3n) is 5.29. The fourth-order valence-corrected chi connectivity index (χ4v) is 3.61. The molecular formula is C20H33IN4O3. The van der Waals surface area contributed by atoms with Crippen LogP contribution in [0.3, 0.4) is 0 Å². The number of guanidine groups is 1. The lowest BCUT2D eigenvalue weighted by atomic mass is 9.95. The molecule has 0 radical (unpaired) electrons. The maximum atomic E-state index is 10.7. The van der Waals surface area contributed by atoms with Crippen LogP contribution in [0.4, 0.5) is 5.69 Å². The van der Waals surface area contributed by atoms with Crippen LogP contribution in [0.15, 0.2) is 29.3 Å². The predicted octanol–water partition coefficient (Wildman–Crippen LogP) is 1.94. The molecule has 158 valence electrons. The van der Waals surface area contributed by atoms with Gasteiger partial charge in [-0.3, -0.25) is 4.99 Å². The number of benzene rings is 1. The average Bonchev–Trinajstić information content (AvgIpc) is 2.72. The zero-order valence-corrected chi connectivity index (χ0v) is 19.2. The van der Waals surface area contributed by atoms with Crippen molar-refractivity contribution < 1.29 is 14.6 Å². The summed E-state index contributed by atoms with van der Waals surface area (Å²) in [5, 5.41) is 14.1. The number of anilines is 1. The van der Waals surface area contributed by atoms with Crippen LogP contribution in [0.25, 0.3) is 0 Å². The summed E-state index contributed by atoms with van der Waals surface area (Å²) in [5.74, 6) is 1.80. The predicted molar refractivity (Wildman–Crippen MR) is 123 cm³/mol. The number of ether oxygens (including phenoxy) is 2. The highest BCUT2D eigenvalue weighted by atomic mass is 127. The van der Waals surface area contributed by atoms with Gasteiger partial charge in [0.05, 0.1) is 24.9 Å². The molecule has 0 amide bonds. The van der Waals surface area contributed by atoms with Crippen molar-refractivity contribution in [3.8, 4) is 5.75 Å². The number of para-hydroxylation sites is 2. The number of aliphatic hydroxyl groups is 1. The molecule has 2 aliphatic heterocycles. The largest absolute Gasteiger partial charge is 0.495 e. The SMILES string of the molecule is CCNC(=NCC1(O)CCOCC1)N1CCN(c2ccccc2OC)CC1.I. The monoisotopic (exact) mass is 504 g/mol. The molecule has 8 heteroatoms. The van der Waals surface area contributed by atoms with Crippen molar-refractivity contribution in [2.75, 3.05) is 64.5 Å². The van der Waals surface area contributed by atoms with Crippen LogP contribution in [0.1, 0.15) is 19.8 Å². The van der Waals surface area contributed by atoms with Gasteiger partial charge in [-0.1, -0.05) is 12.1 Å². The van der Waals surface area contributed by atoms with Gasteiger partial charge in [0, 0.05) is 58.8 Å². The summed E-state index contributed by atoms with van der Waals surface area (Å²) in [4.78, 5) is 9.37. The van der Waals surface area contributed by atoms with E-state index in [0.717, 1.165) is 50.1 Å². The molecule has 0 unspecified atom stereocenters. The first-order chi connectivity index (χ1) is 13.1. The number of hydrogen-bond donors (Lipinski definition) is 2. The molecular weight excluding hydrogens is 471 g/mol. The van der Waals surface area contributed by atoms with E-state index in [4.69, 9.17) is 14.5 Å². The second-order valence-corrected chi connectivity index (χ2v) is 7.15. The number of methoxy groups -OCH3 is 1. The van der Waals surface area contributed by atoms with Crippen molar-refractivity contribution >= 4 is 35.6 Å². The van der Waals surface area contributed by atoms with Crippen molar-refractivity contribution in [2.45, 2.75) is 25.4 Å². The van der Waals surface area contributed by atoms with Crippen molar-refractivity contribution in [1.82, 2.24) is 10.2 Å². The molecule has 2 heterocycles. The molecule has 3 rings (SSSR count). The maximum absolute atomic E-state index is 10.7. The Labute approximate surface area is 185 Å². The normalized spacial score (nSPS) is 19.8. The smallest absolute Gasteiger partial charge is 0.194 e. The summed E-state index contributed by atoms with van der Waals surface area (Å²) in [6.45, 7) is 8.10. The van der Waals surface area contributed by atoms with Crippen LogP contribution in [0.5, 0.6) is 5.75 Å². The molecule has 0 aliphatic carbocycles. The van der Waals surface area contributed by atoms with E-state index in [0.29, 0.717) is 32.6 Å². The number of aliphatic imine (C=N–C) groups is 1. The summed E-state index contributed by atoms with van der Waals surface area (Å²) in [5.41, 5.74) is 0.399. The number of halogens is 1. The maximum Gasteiger partial charge on any atom is 0.194 e. The van der Waals surface area contributed by atoms with Gasteiger partial charge in [0.2, 0.25) is 0 Å². The number of nitrogens with zero attached hydrogens (tertiary/aromatic N) is 3. The summed E-state index contributed by atoms with van der Waals surface area (Å²) in [6.07, 6.45) is 1.30. The Morgan fingerprint density at radius 1 is 1.21 bits per heavy atom. The van der Waals surface area contributed by atoms with Crippen molar-refractivity contribution in [1.29, 1.82) is 0 Å². The van der Waals surface area contributed by atoms with Crippen molar-refractivity contribution in [3.05, 3.63) is 24.3 Å². The lowest BCUT2D eigenvalue weighted by Crippen LogP contribution is -2.53. The molecule has 2 aliphatic rings. The van der Waals surface area contributed by atoms with E-state index in [9.17, 15) is 5.11 Å². The fourth-order valence-electron chi connectivity index (χ4n) is 3.61. The number of nitrogens with one attached hydrogen (secondary N) is 1. The van der Waals surface area contributed by atoms with Gasteiger partial charge in [0.1, 0.15) is 5.75 Å². The molecule has 1 aromatic carbocycles. The van der Waals surface area contributed by atoms with Crippen molar-refractivity contribution in [2.24, 2.45) is 4.99 Å². The standard InChI is InChI=1S/C20H32N4O3.HI/c1-3-21-19(22-16-20(25)8-14-27-15-9-20)24-12-10-23(11-13-24)17-6-4-5-7-18(17)26-2;/h4-7,25H,3,8-16H2,1-2H3,(H,21,22);1H. The Balaban J connectivity index is 0.00000280. The first kappa shape index (κ1) is 23.0. The highest BCUT2D eigenvalue weighted by Gasteiger charge is 2.30. The zero-order chi connectivity index (χ0) is 19.1. The van der Waals surface area contributed by atoms with Gasteiger partial charge < -0.3 is 29.7 Å². The minimum absolute atomic E-state index is 0. The minimum atomic E-state index is -0.738. The minimum Gasteiger partial charge on any atom is -0.495 e. The van der Waals surface area contributed by atoms with E-state index in [2.05, 4.69) is 28.1 Å². The number of rotatable bonds is 5. The third-order valence-corrected chi connectivity index (χ3v) is 5.29. The van der Waals surface area contributed by atoms with Gasteiger partial charge in [-0.05, 0) is 19.1 Å². The van der Waals surface area contributed by atoms with Gasteiger partial charge in [-0.15, -0.1) is 24.0 Å². The van der Waals surface area contributed by atoms with Gasteiger partial charge in [0.25, 0.3) is 0 Å².